The molecule has 1 saturated carbocycles. The van der Waals surface area contributed by atoms with Crippen LogP contribution in [0.1, 0.15) is 39.5 Å². The van der Waals surface area contributed by atoms with Gasteiger partial charge >= 0.3 is 5.97 Å². The summed E-state index contributed by atoms with van der Waals surface area (Å²) in [6.45, 7) is 3.75. The van der Waals surface area contributed by atoms with Gasteiger partial charge in [0.05, 0.1) is 6.10 Å². The van der Waals surface area contributed by atoms with Crippen molar-refractivity contribution >= 4 is 5.97 Å². The van der Waals surface area contributed by atoms with E-state index in [0.717, 1.165) is 25.7 Å². The first-order valence-corrected chi connectivity index (χ1v) is 5.69. The van der Waals surface area contributed by atoms with E-state index in [2.05, 4.69) is 5.32 Å². The Morgan fingerprint density at radius 1 is 1.33 bits per heavy atom. The zero-order chi connectivity index (χ0) is 11.4. The average Bonchev–Trinajstić information content (AvgIpc) is 2.15. The third-order valence-electron chi connectivity index (χ3n) is 3.06. The second kappa shape index (κ2) is 5.47. The summed E-state index contributed by atoms with van der Waals surface area (Å²) in [6.07, 6.45) is 3.37. The van der Waals surface area contributed by atoms with Gasteiger partial charge in [-0.25, -0.2) is 0 Å². The van der Waals surface area contributed by atoms with E-state index < -0.39 is 12.0 Å². The molecule has 0 aromatic rings. The van der Waals surface area contributed by atoms with Gasteiger partial charge in [-0.1, -0.05) is 26.7 Å². The van der Waals surface area contributed by atoms with Gasteiger partial charge in [0.25, 0.3) is 0 Å². The van der Waals surface area contributed by atoms with E-state index >= 15 is 0 Å². The van der Waals surface area contributed by atoms with Crippen molar-refractivity contribution in [1.29, 1.82) is 0 Å². The van der Waals surface area contributed by atoms with Crippen LogP contribution >= 0.6 is 0 Å². The fourth-order valence-corrected chi connectivity index (χ4v) is 2.09. The summed E-state index contributed by atoms with van der Waals surface area (Å²) in [5.41, 5.74) is 0. The van der Waals surface area contributed by atoms with E-state index in [4.69, 9.17) is 5.11 Å². The summed E-state index contributed by atoms with van der Waals surface area (Å²) in [7, 11) is 0. The molecule has 4 heteroatoms. The van der Waals surface area contributed by atoms with Crippen molar-refractivity contribution in [3.8, 4) is 0 Å². The number of rotatable bonds is 4. The maximum absolute atomic E-state index is 11.0. The number of aliphatic hydroxyl groups is 1. The van der Waals surface area contributed by atoms with E-state index in [1.54, 1.807) is 0 Å². The molecule has 0 bridgehead atoms. The van der Waals surface area contributed by atoms with E-state index in [9.17, 15) is 9.90 Å². The highest BCUT2D eigenvalue weighted by Gasteiger charge is 2.29. The van der Waals surface area contributed by atoms with Crippen molar-refractivity contribution in [2.24, 2.45) is 5.92 Å². The minimum atomic E-state index is -0.831. The van der Waals surface area contributed by atoms with Crippen molar-refractivity contribution in [1.82, 2.24) is 5.32 Å². The van der Waals surface area contributed by atoms with Gasteiger partial charge in [0, 0.05) is 6.04 Å². The van der Waals surface area contributed by atoms with Crippen LogP contribution in [0.2, 0.25) is 0 Å². The first kappa shape index (κ1) is 12.5. The van der Waals surface area contributed by atoms with Crippen LogP contribution in [0.5, 0.6) is 0 Å². The van der Waals surface area contributed by atoms with Gasteiger partial charge in [-0.15, -0.1) is 0 Å². The number of carboxylic acids is 1. The number of hydrogen-bond acceptors (Lipinski definition) is 3. The summed E-state index contributed by atoms with van der Waals surface area (Å²) in [5.74, 6) is -0.792. The fraction of sp³-hybridized carbons (Fsp3) is 0.909. The van der Waals surface area contributed by atoms with Gasteiger partial charge in [-0.3, -0.25) is 10.1 Å². The van der Waals surface area contributed by atoms with Gasteiger partial charge < -0.3 is 10.2 Å². The van der Waals surface area contributed by atoms with Gasteiger partial charge in [0.1, 0.15) is 6.04 Å². The molecule has 4 nitrogen and oxygen atoms in total. The molecule has 1 fully saturated rings. The van der Waals surface area contributed by atoms with Crippen LogP contribution in [0.25, 0.3) is 0 Å². The summed E-state index contributed by atoms with van der Waals surface area (Å²) in [5, 5.41) is 21.8. The first-order valence-electron chi connectivity index (χ1n) is 5.69. The summed E-state index contributed by atoms with van der Waals surface area (Å²) >= 11 is 0. The molecule has 0 spiro atoms. The van der Waals surface area contributed by atoms with Gasteiger partial charge in [-0.05, 0) is 18.8 Å². The molecule has 3 unspecified atom stereocenters. The lowest BCUT2D eigenvalue weighted by Crippen LogP contribution is -2.52. The predicted octanol–water partition coefficient (Wildman–Crippen LogP) is 0.989. The number of carbonyl (C=O) groups is 1. The largest absolute Gasteiger partial charge is 0.480 e. The highest BCUT2D eigenvalue weighted by atomic mass is 16.4. The maximum atomic E-state index is 11.0. The smallest absolute Gasteiger partial charge is 0.320 e. The SMILES string of the molecule is CC(C)C(NC1CCCCC1O)C(=O)O. The Morgan fingerprint density at radius 3 is 2.40 bits per heavy atom. The average molecular weight is 215 g/mol. The third-order valence-corrected chi connectivity index (χ3v) is 3.06. The molecule has 15 heavy (non-hydrogen) atoms. The molecule has 1 aliphatic rings. The lowest BCUT2D eigenvalue weighted by atomic mass is 9.91. The van der Waals surface area contributed by atoms with Crippen molar-refractivity contribution < 1.29 is 15.0 Å². The summed E-state index contributed by atoms with van der Waals surface area (Å²) < 4.78 is 0. The predicted molar refractivity (Wildman–Crippen MR) is 57.7 cm³/mol. The van der Waals surface area contributed by atoms with Crippen LogP contribution in [0.3, 0.4) is 0 Å². The van der Waals surface area contributed by atoms with Crippen LogP contribution in [0.15, 0.2) is 0 Å². The molecular formula is C11H21NO3. The Kier molecular flexibility index (Phi) is 4.54. The Morgan fingerprint density at radius 2 is 1.93 bits per heavy atom. The quantitative estimate of drug-likeness (QED) is 0.654. The van der Waals surface area contributed by atoms with E-state index in [0.29, 0.717) is 0 Å². The maximum Gasteiger partial charge on any atom is 0.320 e. The van der Waals surface area contributed by atoms with Crippen LogP contribution < -0.4 is 5.32 Å². The highest BCUT2D eigenvalue weighted by molar-refractivity contribution is 5.73. The fourth-order valence-electron chi connectivity index (χ4n) is 2.09. The molecule has 1 aliphatic carbocycles. The number of nitrogens with one attached hydrogen (secondary N) is 1. The number of carboxylic acid groups (broad SMARTS) is 1. The van der Waals surface area contributed by atoms with Crippen LogP contribution in [-0.2, 0) is 4.79 Å². The third kappa shape index (κ3) is 3.47. The molecule has 0 saturated heterocycles. The normalized spacial score (nSPS) is 29.1. The van der Waals surface area contributed by atoms with E-state index in [1.165, 1.54) is 0 Å². The lowest BCUT2D eigenvalue weighted by molar-refractivity contribution is -0.141. The second-order valence-corrected chi connectivity index (χ2v) is 4.68. The van der Waals surface area contributed by atoms with Crippen LogP contribution in [-0.4, -0.2) is 34.4 Å². The topological polar surface area (TPSA) is 69.6 Å². The molecule has 1 rings (SSSR count). The van der Waals surface area contributed by atoms with Gasteiger partial charge in [0.2, 0.25) is 0 Å². The molecule has 88 valence electrons. The monoisotopic (exact) mass is 215 g/mol. The van der Waals surface area contributed by atoms with E-state index in [1.807, 2.05) is 13.8 Å². The molecule has 0 aliphatic heterocycles. The molecule has 0 radical (unpaired) electrons. The van der Waals surface area contributed by atoms with Gasteiger partial charge in [0.15, 0.2) is 0 Å². The summed E-state index contributed by atoms with van der Waals surface area (Å²) in [6, 6.07) is -0.606. The minimum Gasteiger partial charge on any atom is -0.480 e. The zero-order valence-corrected chi connectivity index (χ0v) is 9.44. The van der Waals surface area contributed by atoms with Gasteiger partial charge in [-0.2, -0.15) is 0 Å². The number of hydrogen-bond donors (Lipinski definition) is 3. The second-order valence-electron chi connectivity index (χ2n) is 4.68. The molecule has 0 heterocycles. The highest BCUT2D eigenvalue weighted by Crippen LogP contribution is 2.19. The molecule has 3 atom stereocenters. The van der Waals surface area contributed by atoms with Crippen molar-refractivity contribution in [3.05, 3.63) is 0 Å². The standard InChI is InChI=1S/C11H21NO3/c1-7(2)10(11(14)15)12-8-5-3-4-6-9(8)13/h7-10,12-13H,3-6H2,1-2H3,(H,14,15). The lowest BCUT2D eigenvalue weighted by Gasteiger charge is -2.32. The van der Waals surface area contributed by atoms with Crippen LogP contribution in [0.4, 0.5) is 0 Å². The molecule has 0 amide bonds. The first-order chi connectivity index (χ1) is 7.02. The minimum absolute atomic E-state index is 0.0385. The van der Waals surface area contributed by atoms with Crippen molar-refractivity contribution in [2.75, 3.05) is 0 Å². The van der Waals surface area contributed by atoms with Crippen molar-refractivity contribution in [2.45, 2.75) is 57.7 Å². The Hall–Kier alpha value is -0.610. The van der Waals surface area contributed by atoms with E-state index in [-0.39, 0.29) is 18.1 Å². The zero-order valence-electron chi connectivity index (χ0n) is 9.44. The number of aliphatic hydroxyl groups excluding tert-OH is 1. The Labute approximate surface area is 90.7 Å². The van der Waals surface area contributed by atoms with Crippen molar-refractivity contribution in [3.63, 3.8) is 0 Å². The molecular weight excluding hydrogens is 194 g/mol. The Balaban J connectivity index is 2.52. The number of aliphatic carboxylic acids is 1. The molecule has 0 aromatic carbocycles. The molecule has 3 N–H and O–H groups in total. The van der Waals surface area contributed by atoms with Crippen LogP contribution in [0, 0.1) is 5.92 Å². The Bertz CT molecular complexity index is 218. The summed E-state index contributed by atoms with van der Waals surface area (Å²) in [4.78, 5) is 11.0. The molecule has 0 aromatic heterocycles.